The average molecular weight is 264 g/mol. The summed E-state index contributed by atoms with van der Waals surface area (Å²) in [6.07, 6.45) is 1.46. The molecule has 0 aromatic heterocycles. The fourth-order valence-electron chi connectivity index (χ4n) is 2.45. The molecule has 1 aliphatic rings. The average Bonchev–Trinajstić information content (AvgIpc) is 2.34. The van der Waals surface area contributed by atoms with E-state index >= 15 is 0 Å². The van der Waals surface area contributed by atoms with E-state index < -0.39 is 0 Å². The highest BCUT2D eigenvalue weighted by Crippen LogP contribution is 2.30. The Hall–Kier alpha value is -1.00. The SMILES string of the molecule is CN1C(=O)CCc2cc(C(CS)N(C)C)ccc21. The summed E-state index contributed by atoms with van der Waals surface area (Å²) in [5.74, 6) is 0.995. The molecule has 1 unspecified atom stereocenters. The van der Waals surface area contributed by atoms with Gasteiger partial charge in [-0.1, -0.05) is 12.1 Å². The van der Waals surface area contributed by atoms with Gasteiger partial charge in [-0.05, 0) is 37.7 Å². The molecule has 0 radical (unpaired) electrons. The largest absolute Gasteiger partial charge is 0.315 e. The zero-order chi connectivity index (χ0) is 13.3. The number of thiol groups is 1. The Labute approximate surface area is 114 Å². The molecule has 0 bridgehead atoms. The van der Waals surface area contributed by atoms with E-state index in [4.69, 9.17) is 0 Å². The topological polar surface area (TPSA) is 23.6 Å². The van der Waals surface area contributed by atoms with E-state index in [0.717, 1.165) is 17.9 Å². The molecule has 1 amide bonds. The molecule has 98 valence electrons. The van der Waals surface area contributed by atoms with Gasteiger partial charge in [0.2, 0.25) is 5.91 Å². The summed E-state index contributed by atoms with van der Waals surface area (Å²) >= 11 is 4.42. The molecule has 18 heavy (non-hydrogen) atoms. The minimum absolute atomic E-state index is 0.202. The molecule has 0 spiro atoms. The van der Waals surface area contributed by atoms with Crippen LogP contribution in [0, 0.1) is 0 Å². The number of carbonyl (C=O) groups is 1. The van der Waals surface area contributed by atoms with Crippen molar-refractivity contribution in [3.8, 4) is 0 Å². The van der Waals surface area contributed by atoms with Crippen LogP contribution >= 0.6 is 12.6 Å². The van der Waals surface area contributed by atoms with Gasteiger partial charge in [-0.2, -0.15) is 12.6 Å². The zero-order valence-electron chi connectivity index (χ0n) is 11.2. The van der Waals surface area contributed by atoms with Crippen LogP contribution < -0.4 is 4.90 Å². The summed E-state index contributed by atoms with van der Waals surface area (Å²) in [4.78, 5) is 15.6. The van der Waals surface area contributed by atoms with E-state index in [0.29, 0.717) is 12.5 Å². The van der Waals surface area contributed by atoms with Crippen LogP contribution in [0.1, 0.15) is 23.6 Å². The standard InChI is InChI=1S/C14H20N2OS/c1-15(2)13(9-18)11-4-6-12-10(8-11)5-7-14(17)16(12)3/h4,6,8,13,18H,5,7,9H2,1-3H3. The number of hydrogen-bond acceptors (Lipinski definition) is 3. The lowest BCUT2D eigenvalue weighted by atomic mass is 9.96. The molecular weight excluding hydrogens is 244 g/mol. The highest BCUT2D eigenvalue weighted by Gasteiger charge is 2.22. The van der Waals surface area contributed by atoms with Crippen molar-refractivity contribution in [2.75, 3.05) is 31.8 Å². The lowest BCUT2D eigenvalue weighted by Gasteiger charge is -2.28. The smallest absolute Gasteiger partial charge is 0.227 e. The highest BCUT2D eigenvalue weighted by molar-refractivity contribution is 7.80. The first-order valence-corrected chi connectivity index (χ1v) is 6.84. The molecule has 3 nitrogen and oxygen atoms in total. The molecule has 2 rings (SSSR count). The molecule has 1 aromatic rings. The fourth-order valence-corrected chi connectivity index (χ4v) is 2.99. The van der Waals surface area contributed by atoms with Crippen LogP contribution in [-0.4, -0.2) is 37.7 Å². The van der Waals surface area contributed by atoms with Gasteiger partial charge in [0.15, 0.2) is 0 Å². The maximum atomic E-state index is 11.6. The molecule has 1 atom stereocenters. The van der Waals surface area contributed by atoms with Gasteiger partial charge in [-0.15, -0.1) is 0 Å². The number of fused-ring (bicyclic) bond motifs is 1. The molecule has 1 aliphatic heterocycles. The van der Waals surface area contributed by atoms with Crippen LogP contribution in [-0.2, 0) is 11.2 Å². The van der Waals surface area contributed by atoms with Crippen molar-refractivity contribution in [2.24, 2.45) is 0 Å². The number of nitrogens with zero attached hydrogens (tertiary/aromatic N) is 2. The Balaban J connectivity index is 2.36. The van der Waals surface area contributed by atoms with Crippen molar-refractivity contribution in [1.82, 2.24) is 4.90 Å². The van der Waals surface area contributed by atoms with E-state index in [1.807, 2.05) is 7.05 Å². The molecule has 1 aromatic carbocycles. The number of aryl methyl sites for hydroxylation is 1. The summed E-state index contributed by atoms with van der Waals surface area (Å²) in [5, 5.41) is 0. The van der Waals surface area contributed by atoms with Crippen molar-refractivity contribution < 1.29 is 4.79 Å². The van der Waals surface area contributed by atoms with Crippen LogP contribution in [0.5, 0.6) is 0 Å². The van der Waals surface area contributed by atoms with E-state index in [1.54, 1.807) is 4.90 Å². The number of carbonyl (C=O) groups excluding carboxylic acids is 1. The van der Waals surface area contributed by atoms with Crippen molar-refractivity contribution in [3.05, 3.63) is 29.3 Å². The Morgan fingerprint density at radius 3 is 2.72 bits per heavy atom. The maximum absolute atomic E-state index is 11.6. The third-order valence-corrected chi connectivity index (χ3v) is 3.97. The lowest BCUT2D eigenvalue weighted by Crippen LogP contribution is -2.31. The van der Waals surface area contributed by atoms with Crippen LogP contribution in [0.3, 0.4) is 0 Å². The first kappa shape index (κ1) is 13.4. The van der Waals surface area contributed by atoms with Crippen molar-refractivity contribution >= 4 is 24.2 Å². The summed E-state index contributed by atoms with van der Waals surface area (Å²) < 4.78 is 0. The van der Waals surface area contributed by atoms with Gasteiger partial charge < -0.3 is 9.80 Å². The molecule has 0 saturated heterocycles. The van der Waals surface area contributed by atoms with Gasteiger partial charge in [-0.3, -0.25) is 4.79 Å². The fraction of sp³-hybridized carbons (Fsp3) is 0.500. The van der Waals surface area contributed by atoms with Crippen LogP contribution in [0.15, 0.2) is 18.2 Å². The van der Waals surface area contributed by atoms with Crippen molar-refractivity contribution in [3.63, 3.8) is 0 Å². The van der Waals surface area contributed by atoms with Gasteiger partial charge >= 0.3 is 0 Å². The van der Waals surface area contributed by atoms with Crippen molar-refractivity contribution in [2.45, 2.75) is 18.9 Å². The second kappa shape index (κ2) is 5.33. The quantitative estimate of drug-likeness (QED) is 0.846. The third-order valence-electron chi connectivity index (χ3n) is 3.63. The number of rotatable bonds is 3. The van der Waals surface area contributed by atoms with Gasteiger partial charge in [0, 0.05) is 31.0 Å². The Morgan fingerprint density at radius 1 is 1.39 bits per heavy atom. The van der Waals surface area contributed by atoms with Gasteiger partial charge in [0.05, 0.1) is 0 Å². The normalized spacial score (nSPS) is 16.9. The minimum atomic E-state index is 0.202. The summed E-state index contributed by atoms with van der Waals surface area (Å²) in [6.45, 7) is 0. The molecule has 0 fully saturated rings. The summed E-state index contributed by atoms with van der Waals surface area (Å²) in [5.41, 5.74) is 3.59. The summed E-state index contributed by atoms with van der Waals surface area (Å²) in [7, 11) is 5.98. The van der Waals surface area contributed by atoms with E-state index in [2.05, 4.69) is 49.8 Å². The molecule has 0 N–H and O–H groups in total. The maximum Gasteiger partial charge on any atom is 0.227 e. The van der Waals surface area contributed by atoms with Crippen LogP contribution in [0.25, 0.3) is 0 Å². The second-order valence-corrected chi connectivity index (χ2v) is 5.37. The number of amides is 1. The molecule has 4 heteroatoms. The number of hydrogen-bond donors (Lipinski definition) is 1. The first-order chi connectivity index (χ1) is 8.54. The molecule has 1 heterocycles. The Morgan fingerprint density at radius 2 is 2.11 bits per heavy atom. The molecule has 0 saturated carbocycles. The number of anilines is 1. The lowest BCUT2D eigenvalue weighted by molar-refractivity contribution is -0.118. The van der Waals surface area contributed by atoms with E-state index in [1.165, 1.54) is 11.1 Å². The van der Waals surface area contributed by atoms with Crippen LogP contribution in [0.2, 0.25) is 0 Å². The number of benzene rings is 1. The van der Waals surface area contributed by atoms with Gasteiger partial charge in [0.25, 0.3) is 0 Å². The van der Waals surface area contributed by atoms with Crippen LogP contribution in [0.4, 0.5) is 5.69 Å². The van der Waals surface area contributed by atoms with Gasteiger partial charge in [0.1, 0.15) is 0 Å². The third kappa shape index (κ3) is 2.40. The monoisotopic (exact) mass is 264 g/mol. The summed E-state index contributed by atoms with van der Waals surface area (Å²) in [6, 6.07) is 6.71. The predicted octanol–water partition coefficient (Wildman–Crippen LogP) is 2.13. The first-order valence-electron chi connectivity index (χ1n) is 6.21. The highest BCUT2D eigenvalue weighted by atomic mass is 32.1. The Bertz CT molecular complexity index is 459. The second-order valence-electron chi connectivity index (χ2n) is 5.00. The van der Waals surface area contributed by atoms with Gasteiger partial charge in [-0.25, -0.2) is 0 Å². The van der Waals surface area contributed by atoms with Crippen molar-refractivity contribution in [1.29, 1.82) is 0 Å². The predicted molar refractivity (Wildman–Crippen MR) is 78.5 cm³/mol. The zero-order valence-corrected chi connectivity index (χ0v) is 12.1. The van der Waals surface area contributed by atoms with E-state index in [9.17, 15) is 4.79 Å². The molecule has 0 aliphatic carbocycles. The minimum Gasteiger partial charge on any atom is -0.315 e. The molecular formula is C14H20N2OS. The van der Waals surface area contributed by atoms with E-state index in [-0.39, 0.29) is 5.91 Å². The Kier molecular flexibility index (Phi) is 3.97.